The molecule has 0 aliphatic heterocycles. The fourth-order valence-corrected chi connectivity index (χ4v) is 0.803. The Morgan fingerprint density at radius 2 is 1.56 bits per heavy atom. The van der Waals surface area contributed by atoms with Crippen LogP contribution in [-0.2, 0) is 18.3 Å². The van der Waals surface area contributed by atoms with Crippen LogP contribution in [0.15, 0.2) is 0 Å². The molecule has 0 aliphatic rings. The zero-order chi connectivity index (χ0) is 7.33. The highest BCUT2D eigenvalue weighted by Gasteiger charge is 2.36. The Labute approximate surface area is 55.0 Å². The smallest absolute Gasteiger partial charge is 0.363 e. The van der Waals surface area contributed by atoms with Gasteiger partial charge in [-0.3, -0.25) is 5.40 Å². The van der Waals surface area contributed by atoms with Crippen molar-refractivity contribution in [1.29, 1.82) is 0 Å². The monoisotopic (exact) mass is 153 g/mol. The van der Waals surface area contributed by atoms with Gasteiger partial charge in [0, 0.05) is 14.2 Å². The summed E-state index contributed by atoms with van der Waals surface area (Å²) >= 11 is 0. The Kier molecular flexibility index (Phi) is 3.94. The molecule has 0 aromatic rings. The Morgan fingerprint density at radius 3 is 1.67 bits per heavy atom. The first-order valence-electron chi connectivity index (χ1n) is 2.29. The normalized spacial score (nSPS) is 12.0. The Balaban J connectivity index is 3.62. The van der Waals surface area contributed by atoms with Gasteiger partial charge in [-0.15, -0.1) is 0 Å². The Morgan fingerprint density at radius 1 is 1.11 bits per heavy atom. The van der Waals surface area contributed by atoms with Crippen molar-refractivity contribution in [1.82, 2.24) is 0 Å². The molecular formula is C3H11NO4Si. The van der Waals surface area contributed by atoms with Crippen LogP contribution in [-0.4, -0.2) is 30.3 Å². The van der Waals surface area contributed by atoms with E-state index in [0.29, 0.717) is 0 Å². The molecular weight excluding hydrogens is 142 g/mol. The second-order valence-electron chi connectivity index (χ2n) is 1.26. The van der Waals surface area contributed by atoms with Crippen LogP contribution in [0, 0.1) is 0 Å². The summed E-state index contributed by atoms with van der Waals surface area (Å²) in [5, 5.41) is 5.35. The molecule has 0 aromatic carbocycles. The summed E-state index contributed by atoms with van der Waals surface area (Å²) in [7, 11) is 1.22. The van der Waals surface area contributed by atoms with E-state index < -0.39 is 8.97 Å². The highest BCUT2D eigenvalue weighted by atomic mass is 28.4. The van der Waals surface area contributed by atoms with Gasteiger partial charge in [0.25, 0.3) is 0 Å². The van der Waals surface area contributed by atoms with Crippen molar-refractivity contribution in [3.8, 4) is 0 Å². The lowest BCUT2D eigenvalue weighted by molar-refractivity contribution is -0.224. The standard InChI is InChI=1S/C3H11NO4Si/c1-5-8-9(4,6-2)7-3/h4H2,1-3H3. The minimum Gasteiger partial charge on any atom is -0.363 e. The van der Waals surface area contributed by atoms with Gasteiger partial charge in [-0.05, 0) is 0 Å². The first-order valence-corrected chi connectivity index (χ1v) is 4.09. The molecule has 9 heavy (non-hydrogen) atoms. The molecule has 0 rings (SSSR count). The molecule has 0 fully saturated rings. The number of hydrogen-bond acceptors (Lipinski definition) is 5. The van der Waals surface area contributed by atoms with Crippen LogP contribution in [0.25, 0.3) is 0 Å². The molecule has 56 valence electrons. The quantitative estimate of drug-likeness (QED) is 0.327. The average molecular weight is 153 g/mol. The van der Waals surface area contributed by atoms with E-state index in [4.69, 9.17) is 5.40 Å². The lowest BCUT2D eigenvalue weighted by Gasteiger charge is -2.17. The fourth-order valence-electron chi connectivity index (χ4n) is 0.268. The van der Waals surface area contributed by atoms with Gasteiger partial charge >= 0.3 is 8.97 Å². The predicted octanol–water partition coefficient (Wildman–Crippen LogP) is -0.748. The second kappa shape index (κ2) is 3.93. The number of hydrogen-bond donors (Lipinski definition) is 1. The molecule has 5 nitrogen and oxygen atoms in total. The van der Waals surface area contributed by atoms with Crippen LogP contribution in [0.2, 0.25) is 0 Å². The lowest BCUT2D eigenvalue weighted by atomic mass is 11.8. The summed E-state index contributed by atoms with van der Waals surface area (Å²) in [6.45, 7) is 0. The van der Waals surface area contributed by atoms with Crippen molar-refractivity contribution >= 4 is 8.97 Å². The summed E-state index contributed by atoms with van der Waals surface area (Å²) in [6.07, 6.45) is 0. The molecule has 6 heteroatoms. The SMILES string of the molecule is COO[Si](N)(OC)OC. The van der Waals surface area contributed by atoms with Gasteiger partial charge in [-0.25, -0.2) is 9.46 Å². The van der Waals surface area contributed by atoms with E-state index in [9.17, 15) is 0 Å². The van der Waals surface area contributed by atoms with Crippen molar-refractivity contribution in [3.63, 3.8) is 0 Å². The summed E-state index contributed by atoms with van der Waals surface area (Å²) < 4.78 is 13.8. The van der Waals surface area contributed by atoms with Gasteiger partial charge in [-0.2, -0.15) is 0 Å². The third-order valence-electron chi connectivity index (χ3n) is 0.769. The lowest BCUT2D eigenvalue weighted by Crippen LogP contribution is -2.53. The Bertz CT molecular complexity index is 76.2. The van der Waals surface area contributed by atoms with Crippen molar-refractivity contribution in [3.05, 3.63) is 0 Å². The zero-order valence-electron chi connectivity index (χ0n) is 5.71. The van der Waals surface area contributed by atoms with E-state index in [1.807, 2.05) is 0 Å². The van der Waals surface area contributed by atoms with E-state index in [-0.39, 0.29) is 0 Å². The van der Waals surface area contributed by atoms with Gasteiger partial charge in [-0.1, -0.05) is 0 Å². The minimum absolute atomic E-state index is 1.34. The highest BCUT2D eigenvalue weighted by Crippen LogP contribution is 1.96. The molecule has 0 bridgehead atoms. The molecule has 0 saturated carbocycles. The van der Waals surface area contributed by atoms with Crippen molar-refractivity contribution in [2.45, 2.75) is 0 Å². The third-order valence-corrected chi connectivity index (χ3v) is 2.31. The molecule has 0 saturated heterocycles. The van der Waals surface area contributed by atoms with Crippen LogP contribution in [0.1, 0.15) is 0 Å². The number of rotatable bonds is 4. The van der Waals surface area contributed by atoms with Gasteiger partial charge in [0.2, 0.25) is 0 Å². The number of nitrogens with two attached hydrogens (primary N) is 1. The molecule has 0 unspecified atom stereocenters. The average Bonchev–Trinajstić information content (AvgIpc) is 1.89. The molecule has 0 aliphatic carbocycles. The van der Waals surface area contributed by atoms with Crippen LogP contribution >= 0.6 is 0 Å². The van der Waals surface area contributed by atoms with Gasteiger partial charge in [0.15, 0.2) is 0 Å². The molecule has 0 spiro atoms. The third kappa shape index (κ3) is 2.89. The van der Waals surface area contributed by atoms with Crippen LogP contribution < -0.4 is 5.40 Å². The molecule has 0 atom stereocenters. The second-order valence-corrected chi connectivity index (χ2v) is 3.45. The van der Waals surface area contributed by atoms with Gasteiger partial charge in [0.05, 0.1) is 7.11 Å². The topological polar surface area (TPSA) is 62.9 Å². The maximum Gasteiger partial charge on any atom is 0.621 e. The van der Waals surface area contributed by atoms with Crippen LogP contribution in [0.5, 0.6) is 0 Å². The summed E-state index contributed by atoms with van der Waals surface area (Å²) in [6, 6.07) is 0. The summed E-state index contributed by atoms with van der Waals surface area (Å²) in [4.78, 5) is 4.28. The van der Waals surface area contributed by atoms with E-state index in [2.05, 4.69) is 18.3 Å². The summed E-state index contributed by atoms with van der Waals surface area (Å²) in [5.41, 5.74) is 0. The molecule has 0 amide bonds. The maximum absolute atomic E-state index is 5.35. The van der Waals surface area contributed by atoms with Crippen LogP contribution in [0.3, 0.4) is 0 Å². The van der Waals surface area contributed by atoms with Crippen molar-refractivity contribution in [2.24, 2.45) is 5.40 Å². The minimum atomic E-state index is -2.92. The zero-order valence-corrected chi connectivity index (χ0v) is 6.71. The summed E-state index contributed by atoms with van der Waals surface area (Å²) in [5.74, 6) is 0. The molecule has 0 radical (unpaired) electrons. The largest absolute Gasteiger partial charge is 0.621 e. The predicted molar refractivity (Wildman–Crippen MR) is 32.1 cm³/mol. The molecule has 2 N–H and O–H groups in total. The van der Waals surface area contributed by atoms with Gasteiger partial charge in [0.1, 0.15) is 0 Å². The van der Waals surface area contributed by atoms with E-state index in [1.165, 1.54) is 21.3 Å². The fraction of sp³-hybridized carbons (Fsp3) is 1.00. The van der Waals surface area contributed by atoms with E-state index in [1.54, 1.807) is 0 Å². The first-order chi connectivity index (χ1) is 4.18. The van der Waals surface area contributed by atoms with Crippen LogP contribution in [0.4, 0.5) is 0 Å². The highest BCUT2D eigenvalue weighted by molar-refractivity contribution is 6.56. The maximum atomic E-state index is 5.35. The first kappa shape index (κ1) is 9.02. The molecule has 0 heterocycles. The van der Waals surface area contributed by atoms with E-state index >= 15 is 0 Å². The van der Waals surface area contributed by atoms with E-state index in [0.717, 1.165) is 0 Å². The van der Waals surface area contributed by atoms with Gasteiger partial charge < -0.3 is 8.85 Å². The van der Waals surface area contributed by atoms with Crippen molar-refractivity contribution in [2.75, 3.05) is 21.3 Å². The molecule has 0 aromatic heterocycles. The van der Waals surface area contributed by atoms with Crippen molar-refractivity contribution < 1.29 is 18.3 Å². The Hall–Kier alpha value is 0.0169.